The Morgan fingerprint density at radius 3 is 2.82 bits per heavy atom. The van der Waals surface area contributed by atoms with Gasteiger partial charge >= 0.3 is 0 Å². The number of rotatable bonds is 4. The molecule has 0 aliphatic rings. The standard InChI is InChI=1S/C15H19ClN4O2/c1-15(2,3)12(17)14(21)18-8-11-19-13(20-22-11)9-5-4-6-10(16)7-9/h4-7,12H,8,17H2,1-3H3,(H,18,21)/t12-/m1/s1. The van der Waals surface area contributed by atoms with Gasteiger partial charge in [0.05, 0.1) is 12.6 Å². The molecule has 1 atom stereocenters. The van der Waals surface area contributed by atoms with Gasteiger partial charge in [-0.05, 0) is 17.5 Å². The molecule has 0 saturated heterocycles. The second-order valence-corrected chi connectivity index (χ2v) is 6.52. The van der Waals surface area contributed by atoms with Crippen molar-refractivity contribution in [2.24, 2.45) is 11.1 Å². The van der Waals surface area contributed by atoms with Crippen LogP contribution in [0, 0.1) is 5.41 Å². The Hall–Kier alpha value is -1.92. The van der Waals surface area contributed by atoms with E-state index in [1.807, 2.05) is 26.8 Å². The van der Waals surface area contributed by atoms with Crippen LogP contribution >= 0.6 is 11.6 Å². The molecule has 0 saturated carbocycles. The average Bonchev–Trinajstić information content (AvgIpc) is 2.92. The van der Waals surface area contributed by atoms with E-state index in [2.05, 4.69) is 15.5 Å². The highest BCUT2D eigenvalue weighted by molar-refractivity contribution is 6.30. The van der Waals surface area contributed by atoms with Crippen LogP contribution in [-0.4, -0.2) is 22.1 Å². The Morgan fingerprint density at radius 2 is 2.18 bits per heavy atom. The maximum atomic E-state index is 11.9. The highest BCUT2D eigenvalue weighted by Gasteiger charge is 2.27. The van der Waals surface area contributed by atoms with Crippen LogP contribution in [0.4, 0.5) is 0 Å². The van der Waals surface area contributed by atoms with Gasteiger partial charge in [-0.3, -0.25) is 4.79 Å². The van der Waals surface area contributed by atoms with E-state index in [0.29, 0.717) is 16.7 Å². The monoisotopic (exact) mass is 322 g/mol. The molecule has 1 aromatic carbocycles. The molecule has 0 bridgehead atoms. The molecular weight excluding hydrogens is 304 g/mol. The summed E-state index contributed by atoms with van der Waals surface area (Å²) in [6, 6.07) is 6.53. The lowest BCUT2D eigenvalue weighted by atomic mass is 9.87. The third-order valence-corrected chi connectivity index (χ3v) is 3.42. The fourth-order valence-corrected chi connectivity index (χ4v) is 1.93. The number of nitrogens with one attached hydrogen (secondary N) is 1. The van der Waals surface area contributed by atoms with Gasteiger partial charge in [-0.15, -0.1) is 0 Å². The summed E-state index contributed by atoms with van der Waals surface area (Å²) in [6.07, 6.45) is 0. The summed E-state index contributed by atoms with van der Waals surface area (Å²) >= 11 is 5.92. The van der Waals surface area contributed by atoms with Gasteiger partial charge in [0, 0.05) is 10.6 Å². The Kier molecular flexibility index (Phi) is 4.83. The van der Waals surface area contributed by atoms with Crippen molar-refractivity contribution in [2.45, 2.75) is 33.4 Å². The van der Waals surface area contributed by atoms with Gasteiger partial charge < -0.3 is 15.6 Å². The van der Waals surface area contributed by atoms with Crippen LogP contribution in [0.1, 0.15) is 26.7 Å². The van der Waals surface area contributed by atoms with Crippen molar-refractivity contribution < 1.29 is 9.32 Å². The number of hydrogen-bond donors (Lipinski definition) is 2. The van der Waals surface area contributed by atoms with E-state index in [-0.39, 0.29) is 17.9 Å². The van der Waals surface area contributed by atoms with Crippen molar-refractivity contribution in [3.63, 3.8) is 0 Å². The van der Waals surface area contributed by atoms with Crippen molar-refractivity contribution >= 4 is 17.5 Å². The second-order valence-electron chi connectivity index (χ2n) is 6.08. The quantitative estimate of drug-likeness (QED) is 0.901. The predicted molar refractivity (Wildman–Crippen MR) is 84.0 cm³/mol. The van der Waals surface area contributed by atoms with E-state index in [0.717, 1.165) is 5.56 Å². The molecule has 2 aromatic rings. The van der Waals surface area contributed by atoms with Gasteiger partial charge in [-0.25, -0.2) is 0 Å². The molecule has 6 nitrogen and oxygen atoms in total. The number of nitrogens with two attached hydrogens (primary N) is 1. The van der Waals surface area contributed by atoms with E-state index in [1.54, 1.807) is 18.2 Å². The van der Waals surface area contributed by atoms with Crippen LogP contribution in [0.25, 0.3) is 11.4 Å². The topological polar surface area (TPSA) is 94.0 Å². The molecule has 0 aliphatic heterocycles. The van der Waals surface area contributed by atoms with Crippen LogP contribution in [0.3, 0.4) is 0 Å². The van der Waals surface area contributed by atoms with Crippen molar-refractivity contribution in [2.75, 3.05) is 0 Å². The summed E-state index contributed by atoms with van der Waals surface area (Å²) in [7, 11) is 0. The number of nitrogens with zero attached hydrogens (tertiary/aromatic N) is 2. The molecule has 22 heavy (non-hydrogen) atoms. The molecule has 7 heteroatoms. The number of amides is 1. The first-order valence-electron chi connectivity index (χ1n) is 6.89. The summed E-state index contributed by atoms with van der Waals surface area (Å²) in [5.74, 6) is 0.478. The molecule has 3 N–H and O–H groups in total. The first-order valence-corrected chi connectivity index (χ1v) is 7.27. The van der Waals surface area contributed by atoms with E-state index >= 15 is 0 Å². The summed E-state index contributed by atoms with van der Waals surface area (Å²) in [6.45, 7) is 5.85. The lowest BCUT2D eigenvalue weighted by molar-refractivity contribution is -0.124. The molecule has 0 aliphatic carbocycles. The smallest absolute Gasteiger partial charge is 0.246 e. The number of benzene rings is 1. The van der Waals surface area contributed by atoms with Gasteiger partial charge in [-0.2, -0.15) is 4.98 Å². The number of hydrogen-bond acceptors (Lipinski definition) is 5. The highest BCUT2D eigenvalue weighted by atomic mass is 35.5. The van der Waals surface area contributed by atoms with E-state index in [1.165, 1.54) is 0 Å². The number of carbonyl (C=O) groups excluding carboxylic acids is 1. The molecule has 0 unspecified atom stereocenters. The van der Waals surface area contributed by atoms with Crippen molar-refractivity contribution in [3.05, 3.63) is 35.2 Å². The van der Waals surface area contributed by atoms with Crippen molar-refractivity contribution in [1.82, 2.24) is 15.5 Å². The zero-order chi connectivity index (χ0) is 16.3. The fourth-order valence-electron chi connectivity index (χ4n) is 1.74. The van der Waals surface area contributed by atoms with E-state index < -0.39 is 6.04 Å². The minimum Gasteiger partial charge on any atom is -0.346 e. The van der Waals surface area contributed by atoms with Gasteiger partial charge in [0.1, 0.15) is 0 Å². The minimum atomic E-state index is -0.608. The maximum absolute atomic E-state index is 11.9. The van der Waals surface area contributed by atoms with Crippen LogP contribution in [0.2, 0.25) is 5.02 Å². The van der Waals surface area contributed by atoms with Crippen molar-refractivity contribution in [3.8, 4) is 11.4 Å². The summed E-state index contributed by atoms with van der Waals surface area (Å²) in [4.78, 5) is 16.2. The first kappa shape index (κ1) is 16.5. The Labute approximate surface area is 134 Å². The second kappa shape index (κ2) is 6.46. The Bertz CT molecular complexity index is 664. The summed E-state index contributed by atoms with van der Waals surface area (Å²) in [5, 5.41) is 7.16. The third-order valence-electron chi connectivity index (χ3n) is 3.18. The molecule has 1 amide bonds. The zero-order valence-electron chi connectivity index (χ0n) is 12.8. The number of carbonyl (C=O) groups is 1. The molecule has 0 spiro atoms. The van der Waals surface area contributed by atoms with Crippen LogP contribution in [0.5, 0.6) is 0 Å². The van der Waals surface area contributed by atoms with Crippen LogP contribution < -0.4 is 11.1 Å². The summed E-state index contributed by atoms with van der Waals surface area (Å²) < 4.78 is 5.11. The van der Waals surface area contributed by atoms with Gasteiger partial charge in [0.2, 0.25) is 17.6 Å². The minimum absolute atomic E-state index is 0.135. The van der Waals surface area contributed by atoms with Crippen LogP contribution in [-0.2, 0) is 11.3 Å². The predicted octanol–water partition coefficient (Wildman–Crippen LogP) is 2.38. The normalized spacial score (nSPS) is 13.0. The summed E-state index contributed by atoms with van der Waals surface area (Å²) in [5.41, 5.74) is 6.31. The number of halogens is 1. The van der Waals surface area contributed by atoms with Crippen LogP contribution in [0.15, 0.2) is 28.8 Å². The van der Waals surface area contributed by atoms with Gasteiger partial charge in [0.15, 0.2) is 0 Å². The Morgan fingerprint density at radius 1 is 1.45 bits per heavy atom. The molecule has 118 valence electrons. The average molecular weight is 323 g/mol. The highest BCUT2D eigenvalue weighted by Crippen LogP contribution is 2.20. The maximum Gasteiger partial charge on any atom is 0.246 e. The van der Waals surface area contributed by atoms with Gasteiger partial charge in [0.25, 0.3) is 0 Å². The molecule has 1 heterocycles. The molecule has 0 radical (unpaired) electrons. The Balaban J connectivity index is 2.00. The molecule has 0 fully saturated rings. The molecule has 2 rings (SSSR count). The lowest BCUT2D eigenvalue weighted by Crippen LogP contribution is -2.48. The SMILES string of the molecule is CC(C)(C)[C@H](N)C(=O)NCc1nc(-c2cccc(Cl)c2)no1. The molecular formula is C15H19ClN4O2. The van der Waals surface area contributed by atoms with E-state index in [9.17, 15) is 4.79 Å². The third kappa shape index (κ3) is 4.05. The first-order chi connectivity index (χ1) is 10.3. The lowest BCUT2D eigenvalue weighted by Gasteiger charge is -2.25. The van der Waals surface area contributed by atoms with E-state index in [4.69, 9.17) is 21.9 Å². The fraction of sp³-hybridized carbons (Fsp3) is 0.400. The largest absolute Gasteiger partial charge is 0.346 e. The molecule has 1 aromatic heterocycles. The number of aromatic nitrogens is 2. The van der Waals surface area contributed by atoms with Gasteiger partial charge in [-0.1, -0.05) is 49.7 Å². The van der Waals surface area contributed by atoms with Crippen molar-refractivity contribution in [1.29, 1.82) is 0 Å². The zero-order valence-corrected chi connectivity index (χ0v) is 13.5.